The summed E-state index contributed by atoms with van der Waals surface area (Å²) in [6.07, 6.45) is 0. The number of nitrogens with one attached hydrogen (secondary N) is 1. The molecule has 0 fully saturated rings. The highest BCUT2D eigenvalue weighted by atomic mass is 35.5. The average molecular weight is 241 g/mol. The topological polar surface area (TPSA) is 72.2 Å². The largest absolute Gasteiger partial charge is 0.366 e. The van der Waals surface area contributed by atoms with Gasteiger partial charge in [0.2, 0.25) is 0 Å². The van der Waals surface area contributed by atoms with E-state index >= 15 is 0 Å². The Morgan fingerprint density at radius 2 is 2.00 bits per heavy atom. The highest BCUT2D eigenvalue weighted by molar-refractivity contribution is 6.34. The minimum Gasteiger partial charge on any atom is -0.366 e. The van der Waals surface area contributed by atoms with E-state index in [-0.39, 0.29) is 28.1 Å². The van der Waals surface area contributed by atoms with Crippen molar-refractivity contribution in [2.45, 2.75) is 19.9 Å². The molecule has 3 N–H and O–H groups in total. The number of primary amides is 1. The summed E-state index contributed by atoms with van der Waals surface area (Å²) in [7, 11) is 0. The van der Waals surface area contributed by atoms with Gasteiger partial charge in [0.1, 0.15) is 0 Å². The molecule has 0 aliphatic heterocycles. The second kappa shape index (κ2) is 4.99. The highest BCUT2D eigenvalue weighted by Crippen LogP contribution is 2.19. The van der Waals surface area contributed by atoms with E-state index in [1.54, 1.807) is 6.07 Å². The minimum absolute atomic E-state index is 0.0211. The first-order valence-corrected chi connectivity index (χ1v) is 5.20. The summed E-state index contributed by atoms with van der Waals surface area (Å²) in [6.45, 7) is 3.65. The van der Waals surface area contributed by atoms with Gasteiger partial charge >= 0.3 is 0 Å². The standard InChI is InChI=1S/C11H13ClN2O2/c1-6(2)14-11(16)7-4-3-5-8(12)9(7)10(13)15/h3-6H,1-2H3,(H2,13,15)(H,14,16). The van der Waals surface area contributed by atoms with E-state index < -0.39 is 5.91 Å². The van der Waals surface area contributed by atoms with E-state index in [0.717, 1.165) is 0 Å². The van der Waals surface area contributed by atoms with E-state index in [4.69, 9.17) is 17.3 Å². The summed E-state index contributed by atoms with van der Waals surface area (Å²) in [5.74, 6) is -1.06. The summed E-state index contributed by atoms with van der Waals surface area (Å²) in [6, 6.07) is 4.62. The molecule has 2 amide bonds. The van der Waals surface area contributed by atoms with Crippen LogP contribution >= 0.6 is 11.6 Å². The number of carbonyl (C=O) groups is 2. The van der Waals surface area contributed by atoms with Gasteiger partial charge < -0.3 is 11.1 Å². The Hall–Kier alpha value is -1.55. The van der Waals surface area contributed by atoms with Crippen LogP contribution in [-0.2, 0) is 0 Å². The molecule has 0 heterocycles. The zero-order chi connectivity index (χ0) is 12.3. The summed E-state index contributed by atoms with van der Waals surface area (Å²) < 4.78 is 0. The van der Waals surface area contributed by atoms with Gasteiger partial charge in [0.15, 0.2) is 0 Å². The van der Waals surface area contributed by atoms with Gasteiger partial charge in [0.25, 0.3) is 11.8 Å². The Labute approximate surface area is 98.8 Å². The smallest absolute Gasteiger partial charge is 0.252 e. The SMILES string of the molecule is CC(C)NC(=O)c1cccc(Cl)c1C(N)=O. The number of carbonyl (C=O) groups excluding carboxylic acids is 2. The van der Waals surface area contributed by atoms with Crippen LogP contribution in [0, 0.1) is 0 Å². The third-order valence-electron chi connectivity index (χ3n) is 1.92. The number of benzene rings is 1. The van der Waals surface area contributed by atoms with E-state index in [1.165, 1.54) is 12.1 Å². The maximum atomic E-state index is 11.8. The van der Waals surface area contributed by atoms with Crippen LogP contribution in [0.5, 0.6) is 0 Å². The molecule has 0 saturated carbocycles. The van der Waals surface area contributed by atoms with Crippen LogP contribution in [0.15, 0.2) is 18.2 Å². The first-order valence-electron chi connectivity index (χ1n) is 4.82. The molecule has 0 aliphatic rings. The number of hydrogen-bond donors (Lipinski definition) is 2. The van der Waals surface area contributed by atoms with Gasteiger partial charge in [0.05, 0.1) is 16.1 Å². The Morgan fingerprint density at radius 3 is 2.50 bits per heavy atom. The number of nitrogens with two attached hydrogens (primary N) is 1. The monoisotopic (exact) mass is 240 g/mol. The summed E-state index contributed by atoms with van der Waals surface area (Å²) >= 11 is 5.82. The molecular weight excluding hydrogens is 228 g/mol. The number of halogens is 1. The van der Waals surface area contributed by atoms with Crippen LogP contribution in [-0.4, -0.2) is 17.9 Å². The Bertz CT molecular complexity index is 430. The van der Waals surface area contributed by atoms with Crippen LogP contribution in [0.2, 0.25) is 5.02 Å². The van der Waals surface area contributed by atoms with E-state index in [0.29, 0.717) is 0 Å². The first-order chi connectivity index (χ1) is 7.43. The summed E-state index contributed by atoms with van der Waals surface area (Å²) in [5, 5.41) is 2.86. The van der Waals surface area contributed by atoms with Crippen molar-refractivity contribution in [2.75, 3.05) is 0 Å². The molecule has 16 heavy (non-hydrogen) atoms. The van der Waals surface area contributed by atoms with Gasteiger partial charge in [-0.15, -0.1) is 0 Å². The Morgan fingerprint density at radius 1 is 1.38 bits per heavy atom. The second-order valence-electron chi connectivity index (χ2n) is 3.65. The summed E-state index contributed by atoms with van der Waals surface area (Å²) in [4.78, 5) is 22.9. The van der Waals surface area contributed by atoms with Gasteiger partial charge in [-0.2, -0.15) is 0 Å². The van der Waals surface area contributed by atoms with Crippen LogP contribution < -0.4 is 11.1 Å². The summed E-state index contributed by atoms with van der Waals surface area (Å²) in [5.41, 5.74) is 5.44. The molecule has 86 valence electrons. The van der Waals surface area contributed by atoms with Gasteiger partial charge in [-0.05, 0) is 26.0 Å². The third-order valence-corrected chi connectivity index (χ3v) is 2.24. The zero-order valence-corrected chi connectivity index (χ0v) is 9.84. The van der Waals surface area contributed by atoms with Crippen LogP contribution in [0.3, 0.4) is 0 Å². The zero-order valence-electron chi connectivity index (χ0n) is 9.08. The fourth-order valence-electron chi connectivity index (χ4n) is 1.30. The maximum Gasteiger partial charge on any atom is 0.252 e. The lowest BCUT2D eigenvalue weighted by Gasteiger charge is -2.11. The minimum atomic E-state index is -0.709. The van der Waals surface area contributed by atoms with Crippen LogP contribution in [0.25, 0.3) is 0 Å². The van der Waals surface area contributed by atoms with Crippen LogP contribution in [0.4, 0.5) is 0 Å². The molecule has 0 unspecified atom stereocenters. The normalized spacial score (nSPS) is 10.2. The van der Waals surface area contributed by atoms with Crippen molar-refractivity contribution in [3.63, 3.8) is 0 Å². The lowest BCUT2D eigenvalue weighted by molar-refractivity contribution is 0.0927. The molecule has 0 saturated heterocycles. The molecule has 1 rings (SSSR count). The van der Waals surface area contributed by atoms with E-state index in [1.807, 2.05) is 13.8 Å². The van der Waals surface area contributed by atoms with Crippen molar-refractivity contribution in [3.8, 4) is 0 Å². The third kappa shape index (κ3) is 2.73. The van der Waals surface area contributed by atoms with Crippen molar-refractivity contribution in [1.82, 2.24) is 5.32 Å². The molecule has 0 atom stereocenters. The predicted molar refractivity (Wildman–Crippen MR) is 62.6 cm³/mol. The molecule has 0 bridgehead atoms. The molecule has 4 nitrogen and oxygen atoms in total. The molecule has 1 aromatic carbocycles. The molecule has 0 aromatic heterocycles. The van der Waals surface area contributed by atoms with Crippen molar-refractivity contribution >= 4 is 23.4 Å². The Kier molecular flexibility index (Phi) is 3.90. The number of amides is 2. The Balaban J connectivity index is 3.18. The average Bonchev–Trinajstić information content (AvgIpc) is 2.15. The number of hydrogen-bond acceptors (Lipinski definition) is 2. The van der Waals surface area contributed by atoms with Gasteiger partial charge in [-0.1, -0.05) is 17.7 Å². The first kappa shape index (κ1) is 12.5. The fourth-order valence-corrected chi connectivity index (χ4v) is 1.57. The highest BCUT2D eigenvalue weighted by Gasteiger charge is 2.18. The van der Waals surface area contributed by atoms with E-state index in [9.17, 15) is 9.59 Å². The molecule has 0 aliphatic carbocycles. The molecule has 0 spiro atoms. The van der Waals surface area contributed by atoms with Gasteiger partial charge in [0, 0.05) is 6.04 Å². The maximum absolute atomic E-state index is 11.8. The molecule has 1 aromatic rings. The fraction of sp³-hybridized carbons (Fsp3) is 0.273. The van der Waals surface area contributed by atoms with Crippen molar-refractivity contribution in [2.24, 2.45) is 5.73 Å². The van der Waals surface area contributed by atoms with Crippen molar-refractivity contribution in [1.29, 1.82) is 0 Å². The molecule has 0 radical (unpaired) electrons. The van der Waals surface area contributed by atoms with Gasteiger partial charge in [-0.3, -0.25) is 9.59 Å². The second-order valence-corrected chi connectivity index (χ2v) is 4.06. The van der Waals surface area contributed by atoms with Crippen molar-refractivity contribution < 1.29 is 9.59 Å². The molecule has 5 heteroatoms. The predicted octanol–water partition coefficient (Wildman–Crippen LogP) is 1.58. The van der Waals surface area contributed by atoms with Crippen LogP contribution in [0.1, 0.15) is 34.6 Å². The van der Waals surface area contributed by atoms with Crippen molar-refractivity contribution in [3.05, 3.63) is 34.3 Å². The van der Waals surface area contributed by atoms with Gasteiger partial charge in [-0.25, -0.2) is 0 Å². The lowest BCUT2D eigenvalue weighted by Crippen LogP contribution is -2.32. The number of rotatable bonds is 3. The van der Waals surface area contributed by atoms with E-state index in [2.05, 4.69) is 5.32 Å². The quantitative estimate of drug-likeness (QED) is 0.842. The lowest BCUT2D eigenvalue weighted by atomic mass is 10.1. The molecular formula is C11H13ClN2O2.